The van der Waals surface area contributed by atoms with Gasteiger partial charge in [-0.05, 0) is 49.6 Å². The van der Waals surface area contributed by atoms with Gasteiger partial charge in [-0.25, -0.2) is 18.7 Å². The van der Waals surface area contributed by atoms with Gasteiger partial charge in [-0.2, -0.15) is 0 Å². The van der Waals surface area contributed by atoms with Crippen molar-refractivity contribution in [3.8, 4) is 5.69 Å². The van der Waals surface area contributed by atoms with Crippen LogP contribution in [0.5, 0.6) is 0 Å². The number of fused-ring (bicyclic) bond motifs is 1. The summed E-state index contributed by atoms with van der Waals surface area (Å²) in [5.41, 5.74) is 2.57. The molecule has 5 rings (SSSR count). The highest BCUT2D eigenvalue weighted by atomic mass is 19.1. The summed E-state index contributed by atoms with van der Waals surface area (Å²) in [4.78, 5) is 30.8. The van der Waals surface area contributed by atoms with E-state index in [1.165, 1.54) is 33.4 Å². The number of rotatable bonds is 4. The number of nitrogens with zero attached hydrogens (tertiary/aromatic N) is 4. The average molecular weight is 390 g/mol. The minimum absolute atomic E-state index is 0.0894. The molecule has 0 bridgehead atoms. The van der Waals surface area contributed by atoms with Crippen LogP contribution < -0.4 is 11.2 Å². The van der Waals surface area contributed by atoms with E-state index in [1.807, 2.05) is 25.1 Å². The van der Waals surface area contributed by atoms with Crippen LogP contribution in [0.1, 0.15) is 30.0 Å². The van der Waals surface area contributed by atoms with Gasteiger partial charge in [0.1, 0.15) is 5.82 Å². The molecule has 4 aromatic rings. The molecule has 1 aliphatic carbocycles. The van der Waals surface area contributed by atoms with Crippen molar-refractivity contribution in [3.05, 3.63) is 92.6 Å². The lowest BCUT2D eigenvalue weighted by atomic mass is 10.1. The maximum Gasteiger partial charge on any atom is 0.337 e. The molecule has 2 aromatic heterocycles. The highest BCUT2D eigenvalue weighted by Gasteiger charge is 2.30. The Morgan fingerprint density at radius 3 is 2.55 bits per heavy atom. The summed E-state index contributed by atoms with van der Waals surface area (Å²) < 4.78 is 17.9. The number of hydrogen-bond donors (Lipinski definition) is 0. The molecule has 0 unspecified atom stereocenters. The Hall–Kier alpha value is -3.48. The molecule has 1 fully saturated rings. The molecular weight excluding hydrogens is 371 g/mol. The molecule has 29 heavy (non-hydrogen) atoms. The second-order valence-corrected chi connectivity index (χ2v) is 7.53. The van der Waals surface area contributed by atoms with E-state index in [4.69, 9.17) is 0 Å². The van der Waals surface area contributed by atoms with Gasteiger partial charge in [0.05, 0.1) is 12.0 Å². The third kappa shape index (κ3) is 2.99. The first-order valence-corrected chi connectivity index (χ1v) is 9.57. The summed E-state index contributed by atoms with van der Waals surface area (Å²) >= 11 is 0. The van der Waals surface area contributed by atoms with Crippen molar-refractivity contribution in [3.63, 3.8) is 0 Å². The second-order valence-electron chi connectivity index (χ2n) is 7.53. The Bertz CT molecular complexity index is 1340. The lowest BCUT2D eigenvalue weighted by molar-refractivity contribution is 0.624. The van der Waals surface area contributed by atoms with E-state index < -0.39 is 11.5 Å². The van der Waals surface area contributed by atoms with Crippen molar-refractivity contribution in [2.45, 2.75) is 32.4 Å². The van der Waals surface area contributed by atoms with Gasteiger partial charge in [-0.1, -0.05) is 29.8 Å². The van der Waals surface area contributed by atoms with E-state index in [0.717, 1.165) is 24.0 Å². The summed E-state index contributed by atoms with van der Waals surface area (Å²) in [6, 6.07) is 13.6. The van der Waals surface area contributed by atoms with Crippen LogP contribution in [0.4, 0.5) is 4.39 Å². The quantitative estimate of drug-likeness (QED) is 0.538. The Morgan fingerprint density at radius 2 is 1.86 bits per heavy atom. The van der Waals surface area contributed by atoms with Crippen LogP contribution in [0, 0.1) is 12.7 Å². The molecule has 0 N–H and O–H groups in total. The Morgan fingerprint density at radius 1 is 1.10 bits per heavy atom. The first-order chi connectivity index (χ1) is 14.0. The van der Waals surface area contributed by atoms with E-state index >= 15 is 0 Å². The molecular formula is C22H19FN4O2. The summed E-state index contributed by atoms with van der Waals surface area (Å²) in [7, 11) is 0. The molecule has 7 heteroatoms. The van der Waals surface area contributed by atoms with E-state index in [0.29, 0.717) is 17.7 Å². The van der Waals surface area contributed by atoms with Gasteiger partial charge in [0.25, 0.3) is 5.56 Å². The molecule has 1 saturated carbocycles. The lowest BCUT2D eigenvalue weighted by Crippen LogP contribution is -2.39. The molecule has 0 radical (unpaired) electrons. The molecule has 0 aliphatic heterocycles. The average Bonchev–Trinajstić information content (AvgIpc) is 3.44. The van der Waals surface area contributed by atoms with Gasteiger partial charge in [0.2, 0.25) is 0 Å². The second kappa shape index (κ2) is 6.55. The number of aryl methyl sites for hydroxylation is 1. The highest BCUT2D eigenvalue weighted by Crippen LogP contribution is 2.32. The number of aromatic nitrogens is 4. The van der Waals surface area contributed by atoms with Crippen LogP contribution in [0.3, 0.4) is 0 Å². The summed E-state index contributed by atoms with van der Waals surface area (Å²) in [5.74, 6) is -0.390. The Balaban J connectivity index is 1.77. The molecule has 6 nitrogen and oxygen atoms in total. The SMILES string of the molecule is Cc1cccc(Cn2cnc3c2c(=O)n(C2CC2)c(=O)n3-c2ccc(F)cc2)c1. The largest absolute Gasteiger partial charge is 0.337 e. The first-order valence-electron chi connectivity index (χ1n) is 9.57. The molecule has 0 amide bonds. The van der Waals surface area contributed by atoms with Crippen LogP contribution >= 0.6 is 0 Å². The van der Waals surface area contributed by atoms with E-state index in [-0.39, 0.29) is 17.2 Å². The standard InChI is InChI=1S/C22H19FN4O2/c1-14-3-2-4-15(11-14)12-25-13-24-20-19(25)21(28)27(18-9-10-18)22(29)26(20)17-7-5-16(23)6-8-17/h2-8,11,13,18H,9-10,12H2,1H3. The molecule has 0 saturated heterocycles. The third-order valence-electron chi connectivity index (χ3n) is 5.28. The molecule has 0 atom stereocenters. The molecule has 1 aliphatic rings. The topological polar surface area (TPSA) is 61.8 Å². The first kappa shape index (κ1) is 17.6. The van der Waals surface area contributed by atoms with Gasteiger partial charge in [-0.15, -0.1) is 0 Å². The van der Waals surface area contributed by atoms with Crippen molar-refractivity contribution in [1.82, 2.24) is 18.7 Å². The maximum atomic E-state index is 13.4. The zero-order valence-corrected chi connectivity index (χ0v) is 15.9. The van der Waals surface area contributed by atoms with Crippen LogP contribution in [0.25, 0.3) is 16.9 Å². The minimum Gasteiger partial charge on any atom is -0.320 e. The fourth-order valence-corrected chi connectivity index (χ4v) is 3.76. The fraction of sp³-hybridized carbons (Fsp3) is 0.227. The molecule has 2 aromatic carbocycles. The molecule has 2 heterocycles. The van der Waals surface area contributed by atoms with Crippen molar-refractivity contribution >= 4 is 11.2 Å². The van der Waals surface area contributed by atoms with Gasteiger partial charge in [-0.3, -0.25) is 9.36 Å². The van der Waals surface area contributed by atoms with E-state index in [9.17, 15) is 14.0 Å². The summed E-state index contributed by atoms with van der Waals surface area (Å²) in [5, 5.41) is 0. The van der Waals surface area contributed by atoms with E-state index in [2.05, 4.69) is 11.1 Å². The zero-order valence-electron chi connectivity index (χ0n) is 15.9. The lowest BCUT2D eigenvalue weighted by Gasteiger charge is -2.12. The Kier molecular flexibility index (Phi) is 3.97. The van der Waals surface area contributed by atoms with Gasteiger partial charge < -0.3 is 4.57 Å². The third-order valence-corrected chi connectivity index (χ3v) is 5.28. The smallest absolute Gasteiger partial charge is 0.320 e. The van der Waals surface area contributed by atoms with Crippen molar-refractivity contribution in [1.29, 1.82) is 0 Å². The number of halogens is 1. The van der Waals surface area contributed by atoms with Crippen LogP contribution in [-0.4, -0.2) is 18.7 Å². The number of imidazole rings is 1. The Labute approximate surface area is 165 Å². The van der Waals surface area contributed by atoms with Gasteiger partial charge in [0.15, 0.2) is 11.2 Å². The van der Waals surface area contributed by atoms with Gasteiger partial charge >= 0.3 is 5.69 Å². The van der Waals surface area contributed by atoms with Crippen LogP contribution in [0.2, 0.25) is 0 Å². The van der Waals surface area contributed by atoms with Crippen molar-refractivity contribution in [2.75, 3.05) is 0 Å². The zero-order chi connectivity index (χ0) is 20.1. The normalized spacial score (nSPS) is 13.9. The van der Waals surface area contributed by atoms with Crippen molar-refractivity contribution in [2.24, 2.45) is 0 Å². The molecule has 0 spiro atoms. The highest BCUT2D eigenvalue weighted by molar-refractivity contribution is 5.72. The van der Waals surface area contributed by atoms with Crippen molar-refractivity contribution < 1.29 is 4.39 Å². The molecule has 146 valence electrons. The maximum absolute atomic E-state index is 13.4. The summed E-state index contributed by atoms with van der Waals surface area (Å²) in [6.45, 7) is 2.49. The van der Waals surface area contributed by atoms with E-state index in [1.54, 1.807) is 10.9 Å². The number of hydrogen-bond acceptors (Lipinski definition) is 3. The minimum atomic E-state index is -0.433. The predicted molar refractivity (Wildman–Crippen MR) is 108 cm³/mol. The monoisotopic (exact) mass is 390 g/mol. The predicted octanol–water partition coefficient (Wildman–Crippen LogP) is 3.18. The van der Waals surface area contributed by atoms with Crippen LogP contribution in [-0.2, 0) is 6.54 Å². The van der Waals surface area contributed by atoms with Gasteiger partial charge in [0, 0.05) is 12.6 Å². The summed E-state index contributed by atoms with van der Waals surface area (Å²) in [6.07, 6.45) is 3.19. The fourth-order valence-electron chi connectivity index (χ4n) is 3.76. The van der Waals surface area contributed by atoms with Crippen LogP contribution in [0.15, 0.2) is 64.4 Å². The number of benzene rings is 2.